The zero-order valence-corrected chi connectivity index (χ0v) is 10.3. The Morgan fingerprint density at radius 2 is 2.31 bits per heavy atom. The molecule has 1 aromatic rings. The second-order valence-electron chi connectivity index (χ2n) is 3.45. The second kappa shape index (κ2) is 4.81. The van der Waals surface area contributed by atoms with Gasteiger partial charge in [0.1, 0.15) is 4.90 Å². The van der Waals surface area contributed by atoms with Crippen LogP contribution in [0.3, 0.4) is 0 Å². The average Bonchev–Trinajstić information content (AvgIpc) is 2.55. The van der Waals surface area contributed by atoms with Crippen LogP contribution in [-0.4, -0.2) is 38.0 Å². The minimum absolute atomic E-state index is 0.0138. The molecule has 1 unspecified atom stereocenters. The van der Waals surface area contributed by atoms with Gasteiger partial charge in [-0.05, 0) is 6.92 Å². The topological polar surface area (TPSA) is 99.2 Å². The standard InChI is InChI=1S/C8H16N4O3S/c1-6(15-3)4-10-16(13,14)7-5-12(2)11-8(7)9/h5-6,10H,4H2,1-3H3,(H2,9,11). The maximum Gasteiger partial charge on any atom is 0.245 e. The van der Waals surface area contributed by atoms with Gasteiger partial charge >= 0.3 is 0 Å². The Kier molecular flexibility index (Phi) is 3.89. The number of nitrogen functional groups attached to an aromatic ring is 1. The molecule has 0 amide bonds. The molecule has 0 radical (unpaired) electrons. The summed E-state index contributed by atoms with van der Waals surface area (Å²) in [7, 11) is -0.498. The summed E-state index contributed by atoms with van der Waals surface area (Å²) < 4.78 is 32.3. The monoisotopic (exact) mass is 248 g/mol. The Morgan fingerprint density at radius 1 is 1.69 bits per heavy atom. The van der Waals surface area contributed by atoms with Crippen LogP contribution in [0.5, 0.6) is 0 Å². The van der Waals surface area contributed by atoms with Crippen molar-refractivity contribution in [3.63, 3.8) is 0 Å². The molecule has 16 heavy (non-hydrogen) atoms. The molecular weight excluding hydrogens is 232 g/mol. The van der Waals surface area contributed by atoms with Gasteiger partial charge in [-0.15, -0.1) is 0 Å². The third kappa shape index (κ3) is 2.94. The number of anilines is 1. The molecule has 8 heteroatoms. The van der Waals surface area contributed by atoms with Gasteiger partial charge in [0.05, 0.1) is 6.10 Å². The van der Waals surface area contributed by atoms with E-state index in [1.807, 2.05) is 0 Å². The van der Waals surface area contributed by atoms with Gasteiger partial charge in [-0.1, -0.05) is 0 Å². The Hall–Kier alpha value is -1.12. The smallest absolute Gasteiger partial charge is 0.245 e. The molecule has 0 saturated heterocycles. The minimum atomic E-state index is -3.61. The highest BCUT2D eigenvalue weighted by atomic mass is 32.2. The number of hydrogen-bond acceptors (Lipinski definition) is 5. The number of aryl methyl sites for hydroxylation is 1. The predicted octanol–water partition coefficient (Wildman–Crippen LogP) is -0.684. The van der Waals surface area contributed by atoms with Crippen LogP contribution in [0.4, 0.5) is 5.82 Å². The van der Waals surface area contributed by atoms with Gasteiger partial charge in [-0.25, -0.2) is 13.1 Å². The van der Waals surface area contributed by atoms with Crippen LogP contribution in [0.2, 0.25) is 0 Å². The van der Waals surface area contributed by atoms with E-state index < -0.39 is 10.0 Å². The summed E-state index contributed by atoms with van der Waals surface area (Å²) in [6.45, 7) is 1.95. The number of nitrogens with two attached hydrogens (primary N) is 1. The lowest BCUT2D eigenvalue weighted by molar-refractivity contribution is 0.122. The first-order chi connectivity index (χ1) is 7.36. The third-order valence-corrected chi connectivity index (χ3v) is 3.51. The number of nitrogens with one attached hydrogen (secondary N) is 1. The summed E-state index contributed by atoms with van der Waals surface area (Å²) in [6.07, 6.45) is 1.16. The first kappa shape index (κ1) is 12.9. The van der Waals surface area contributed by atoms with Gasteiger partial charge < -0.3 is 10.5 Å². The molecule has 3 N–H and O–H groups in total. The summed E-state index contributed by atoms with van der Waals surface area (Å²) in [6, 6.07) is 0. The van der Waals surface area contributed by atoms with E-state index in [1.165, 1.54) is 18.0 Å². The van der Waals surface area contributed by atoms with E-state index in [4.69, 9.17) is 10.5 Å². The highest BCUT2D eigenvalue weighted by Gasteiger charge is 2.20. The fourth-order valence-corrected chi connectivity index (χ4v) is 2.30. The molecule has 0 bridgehead atoms. The maximum atomic E-state index is 11.8. The van der Waals surface area contributed by atoms with Gasteiger partial charge in [0, 0.05) is 26.9 Å². The Morgan fingerprint density at radius 3 is 2.75 bits per heavy atom. The lowest BCUT2D eigenvalue weighted by atomic mass is 10.4. The number of hydrogen-bond donors (Lipinski definition) is 2. The zero-order valence-electron chi connectivity index (χ0n) is 9.47. The number of rotatable bonds is 5. The van der Waals surface area contributed by atoms with E-state index in [0.29, 0.717) is 0 Å². The van der Waals surface area contributed by atoms with Gasteiger partial charge in [-0.3, -0.25) is 4.68 Å². The van der Waals surface area contributed by atoms with Crippen molar-refractivity contribution in [1.82, 2.24) is 14.5 Å². The number of aromatic nitrogens is 2. The summed E-state index contributed by atoms with van der Waals surface area (Å²) >= 11 is 0. The van der Waals surface area contributed by atoms with Gasteiger partial charge in [0.2, 0.25) is 10.0 Å². The average molecular weight is 248 g/mol. The van der Waals surface area contributed by atoms with Gasteiger partial charge in [-0.2, -0.15) is 5.10 Å². The Balaban J connectivity index is 2.82. The predicted molar refractivity (Wildman–Crippen MR) is 59.3 cm³/mol. The van der Waals surface area contributed by atoms with Crippen LogP contribution in [0, 0.1) is 0 Å². The van der Waals surface area contributed by atoms with E-state index in [2.05, 4.69) is 9.82 Å². The van der Waals surface area contributed by atoms with Crippen LogP contribution < -0.4 is 10.5 Å². The zero-order chi connectivity index (χ0) is 12.3. The molecule has 7 nitrogen and oxygen atoms in total. The van der Waals surface area contributed by atoms with Crippen molar-refractivity contribution in [2.75, 3.05) is 19.4 Å². The summed E-state index contributed by atoms with van der Waals surface area (Å²) in [5.41, 5.74) is 5.48. The quantitative estimate of drug-likeness (QED) is 0.719. The van der Waals surface area contributed by atoms with Gasteiger partial charge in [0.15, 0.2) is 5.82 Å². The molecule has 0 spiro atoms. The van der Waals surface area contributed by atoms with E-state index in [9.17, 15) is 8.42 Å². The fourth-order valence-electron chi connectivity index (χ4n) is 1.08. The van der Waals surface area contributed by atoms with Crippen molar-refractivity contribution >= 4 is 15.8 Å². The number of sulfonamides is 1. The Bertz CT molecular complexity index is 454. The summed E-state index contributed by atoms with van der Waals surface area (Å²) in [5, 5.41) is 3.77. The van der Waals surface area contributed by atoms with E-state index in [1.54, 1.807) is 14.0 Å². The van der Waals surface area contributed by atoms with Crippen LogP contribution in [-0.2, 0) is 21.8 Å². The minimum Gasteiger partial charge on any atom is -0.381 e. The highest BCUT2D eigenvalue weighted by molar-refractivity contribution is 7.89. The molecule has 0 fully saturated rings. The molecule has 1 aromatic heterocycles. The lowest BCUT2D eigenvalue weighted by Gasteiger charge is -2.10. The molecule has 0 saturated carbocycles. The van der Waals surface area contributed by atoms with Crippen molar-refractivity contribution in [3.05, 3.63) is 6.20 Å². The van der Waals surface area contributed by atoms with Crippen LogP contribution in [0.15, 0.2) is 11.1 Å². The molecular formula is C8H16N4O3S. The maximum absolute atomic E-state index is 11.8. The summed E-state index contributed by atoms with van der Waals surface area (Å²) in [5.74, 6) is -0.0138. The fraction of sp³-hybridized carbons (Fsp3) is 0.625. The third-order valence-electron chi connectivity index (χ3n) is 2.07. The van der Waals surface area contributed by atoms with E-state index >= 15 is 0 Å². The normalized spacial score (nSPS) is 13.9. The number of ether oxygens (including phenoxy) is 1. The van der Waals surface area contributed by atoms with Crippen molar-refractivity contribution in [3.8, 4) is 0 Å². The lowest BCUT2D eigenvalue weighted by Crippen LogP contribution is -2.31. The van der Waals surface area contributed by atoms with Crippen molar-refractivity contribution in [1.29, 1.82) is 0 Å². The summed E-state index contributed by atoms with van der Waals surface area (Å²) in [4.78, 5) is -0.0155. The van der Waals surface area contributed by atoms with Crippen LogP contribution >= 0.6 is 0 Å². The van der Waals surface area contributed by atoms with E-state index in [0.717, 1.165) is 0 Å². The first-order valence-corrected chi connectivity index (χ1v) is 6.16. The SMILES string of the molecule is COC(C)CNS(=O)(=O)c1cn(C)nc1N. The van der Waals surface area contributed by atoms with Crippen molar-refractivity contribution in [2.45, 2.75) is 17.9 Å². The molecule has 0 aromatic carbocycles. The van der Waals surface area contributed by atoms with Crippen molar-refractivity contribution in [2.24, 2.45) is 7.05 Å². The molecule has 0 aliphatic heterocycles. The molecule has 1 rings (SSSR count). The molecule has 92 valence electrons. The van der Waals surface area contributed by atoms with Crippen LogP contribution in [0.1, 0.15) is 6.92 Å². The van der Waals surface area contributed by atoms with Gasteiger partial charge in [0.25, 0.3) is 0 Å². The molecule has 1 heterocycles. The largest absolute Gasteiger partial charge is 0.381 e. The van der Waals surface area contributed by atoms with Crippen LogP contribution in [0.25, 0.3) is 0 Å². The first-order valence-electron chi connectivity index (χ1n) is 4.68. The highest BCUT2D eigenvalue weighted by Crippen LogP contribution is 2.14. The number of methoxy groups -OCH3 is 1. The molecule has 0 aliphatic rings. The molecule has 0 aliphatic carbocycles. The van der Waals surface area contributed by atoms with E-state index in [-0.39, 0.29) is 23.4 Å². The van der Waals surface area contributed by atoms with Crippen molar-refractivity contribution < 1.29 is 13.2 Å². The Labute approximate surface area is 94.6 Å². The second-order valence-corrected chi connectivity index (χ2v) is 5.19. The number of nitrogens with zero attached hydrogens (tertiary/aromatic N) is 2. The molecule has 1 atom stereocenters.